The van der Waals surface area contributed by atoms with E-state index in [4.69, 9.17) is 17.3 Å². The van der Waals surface area contributed by atoms with Gasteiger partial charge in [0.2, 0.25) is 0 Å². The molecule has 0 amide bonds. The van der Waals surface area contributed by atoms with Crippen LogP contribution in [0, 0.1) is 15.5 Å². The van der Waals surface area contributed by atoms with E-state index >= 15 is 0 Å². The van der Waals surface area contributed by atoms with Crippen LogP contribution in [0.3, 0.4) is 0 Å². The molecule has 0 spiro atoms. The Bertz CT molecular complexity index is 483. The second kappa shape index (κ2) is 6.55. The van der Waals surface area contributed by atoms with Gasteiger partial charge >= 0.3 is 0 Å². The van der Waals surface area contributed by atoms with Crippen LogP contribution in [-0.4, -0.2) is 11.5 Å². The minimum atomic E-state index is -0.417. The number of rotatable bonds is 4. The first kappa shape index (κ1) is 15.3. The molecule has 2 rings (SSSR count). The van der Waals surface area contributed by atoms with Gasteiger partial charge in [-0.1, -0.05) is 43.4 Å². The molecule has 1 aromatic carbocycles. The number of nitrogens with zero attached hydrogens (tertiary/aromatic N) is 1. The number of nitro benzene ring substituents is 1. The molecule has 0 unspecified atom stereocenters. The summed E-state index contributed by atoms with van der Waals surface area (Å²) in [4.78, 5) is 10.3. The fraction of sp³-hybridized carbons (Fsp3) is 0.600. The van der Waals surface area contributed by atoms with Gasteiger partial charge in [-0.15, -0.1) is 0 Å². The zero-order chi connectivity index (χ0) is 14.6. The van der Waals surface area contributed by atoms with Gasteiger partial charge in [0, 0.05) is 12.1 Å². The first-order valence-electron chi connectivity index (χ1n) is 7.19. The summed E-state index contributed by atoms with van der Waals surface area (Å²) in [5, 5.41) is 11.2. The number of nitro groups is 1. The average Bonchev–Trinajstić information content (AvgIpc) is 2.67. The summed E-state index contributed by atoms with van der Waals surface area (Å²) < 4.78 is 0. The highest BCUT2D eigenvalue weighted by Gasteiger charge is 2.30. The molecule has 0 saturated heterocycles. The molecule has 20 heavy (non-hydrogen) atoms. The van der Waals surface area contributed by atoms with E-state index in [1.165, 1.54) is 37.8 Å². The third-order valence-electron chi connectivity index (χ3n) is 4.41. The van der Waals surface area contributed by atoms with Crippen LogP contribution in [-0.2, 0) is 6.42 Å². The van der Waals surface area contributed by atoms with Gasteiger partial charge in [0.05, 0.1) is 9.95 Å². The van der Waals surface area contributed by atoms with Crippen molar-refractivity contribution >= 4 is 17.3 Å². The summed E-state index contributed by atoms with van der Waals surface area (Å²) >= 11 is 6.21. The maximum absolute atomic E-state index is 10.7. The van der Waals surface area contributed by atoms with Crippen molar-refractivity contribution in [2.75, 3.05) is 6.54 Å². The highest BCUT2D eigenvalue weighted by molar-refractivity contribution is 6.31. The molecular formula is C15H21ClN2O2. The average molecular weight is 297 g/mol. The number of halogens is 1. The molecule has 1 aromatic rings. The standard InChI is InChI=1S/C15H21ClN2O2/c16-14-9-13(18(19)20)6-5-12(14)10-15(11-17)7-3-1-2-4-8-15/h5-6,9H,1-4,7-8,10-11,17H2. The van der Waals surface area contributed by atoms with Gasteiger partial charge in [0.25, 0.3) is 5.69 Å². The van der Waals surface area contributed by atoms with Gasteiger partial charge in [-0.05, 0) is 36.8 Å². The number of hydrogen-bond acceptors (Lipinski definition) is 3. The smallest absolute Gasteiger partial charge is 0.270 e. The summed E-state index contributed by atoms with van der Waals surface area (Å²) in [7, 11) is 0. The van der Waals surface area contributed by atoms with E-state index in [1.54, 1.807) is 6.07 Å². The minimum absolute atomic E-state index is 0.0430. The zero-order valence-corrected chi connectivity index (χ0v) is 12.4. The molecule has 1 saturated carbocycles. The number of non-ortho nitro benzene ring substituents is 1. The first-order chi connectivity index (χ1) is 9.56. The normalized spacial score (nSPS) is 18.5. The maximum atomic E-state index is 10.7. The van der Waals surface area contributed by atoms with Crippen molar-refractivity contribution in [3.05, 3.63) is 38.9 Å². The van der Waals surface area contributed by atoms with Crippen molar-refractivity contribution < 1.29 is 4.92 Å². The van der Waals surface area contributed by atoms with Gasteiger partial charge in [0.1, 0.15) is 0 Å². The Labute approximate surface area is 124 Å². The van der Waals surface area contributed by atoms with E-state index in [9.17, 15) is 10.1 Å². The second-order valence-electron chi connectivity index (χ2n) is 5.83. The molecule has 0 aromatic heterocycles. The van der Waals surface area contributed by atoms with E-state index < -0.39 is 4.92 Å². The van der Waals surface area contributed by atoms with Gasteiger partial charge in [0.15, 0.2) is 0 Å². The Kier molecular flexibility index (Phi) is 5.00. The predicted molar refractivity (Wildman–Crippen MR) is 81.0 cm³/mol. The molecule has 0 radical (unpaired) electrons. The van der Waals surface area contributed by atoms with Crippen molar-refractivity contribution in [2.45, 2.75) is 44.9 Å². The molecular weight excluding hydrogens is 276 g/mol. The number of benzene rings is 1. The lowest BCUT2D eigenvalue weighted by Crippen LogP contribution is -2.32. The molecule has 0 atom stereocenters. The Morgan fingerprint density at radius 1 is 1.25 bits per heavy atom. The number of nitrogens with two attached hydrogens (primary N) is 1. The Hall–Kier alpha value is -1.13. The molecule has 4 nitrogen and oxygen atoms in total. The lowest BCUT2D eigenvalue weighted by atomic mass is 9.75. The monoisotopic (exact) mass is 296 g/mol. The quantitative estimate of drug-likeness (QED) is 0.517. The third kappa shape index (κ3) is 3.49. The molecule has 1 aliphatic rings. The van der Waals surface area contributed by atoms with E-state index in [0.717, 1.165) is 24.8 Å². The van der Waals surface area contributed by atoms with Crippen LogP contribution in [0.4, 0.5) is 5.69 Å². The van der Waals surface area contributed by atoms with Gasteiger partial charge in [-0.2, -0.15) is 0 Å². The summed E-state index contributed by atoms with van der Waals surface area (Å²) in [6.45, 7) is 0.653. The number of hydrogen-bond donors (Lipinski definition) is 1. The molecule has 0 aliphatic heterocycles. The zero-order valence-electron chi connectivity index (χ0n) is 11.6. The molecule has 1 aliphatic carbocycles. The van der Waals surface area contributed by atoms with Crippen LogP contribution in [0.15, 0.2) is 18.2 Å². The van der Waals surface area contributed by atoms with Gasteiger partial charge in [-0.25, -0.2) is 0 Å². The predicted octanol–water partition coefficient (Wildman–Crippen LogP) is 4.09. The summed E-state index contributed by atoms with van der Waals surface area (Å²) in [5.74, 6) is 0. The third-order valence-corrected chi connectivity index (χ3v) is 4.76. The minimum Gasteiger partial charge on any atom is -0.330 e. The van der Waals surface area contributed by atoms with Crippen molar-refractivity contribution in [1.29, 1.82) is 0 Å². The van der Waals surface area contributed by atoms with Crippen LogP contribution in [0.5, 0.6) is 0 Å². The van der Waals surface area contributed by atoms with E-state index in [0.29, 0.717) is 11.6 Å². The van der Waals surface area contributed by atoms with Crippen LogP contribution < -0.4 is 5.73 Å². The lowest BCUT2D eigenvalue weighted by molar-refractivity contribution is -0.384. The van der Waals surface area contributed by atoms with Crippen LogP contribution in [0.25, 0.3) is 0 Å². The van der Waals surface area contributed by atoms with Gasteiger partial charge < -0.3 is 5.73 Å². The highest BCUT2D eigenvalue weighted by Crippen LogP contribution is 2.39. The van der Waals surface area contributed by atoms with Gasteiger partial charge in [-0.3, -0.25) is 10.1 Å². The second-order valence-corrected chi connectivity index (χ2v) is 6.24. The Balaban J connectivity index is 2.20. The van der Waals surface area contributed by atoms with Crippen LogP contribution >= 0.6 is 11.6 Å². The van der Waals surface area contributed by atoms with Crippen molar-refractivity contribution in [3.8, 4) is 0 Å². The van der Waals surface area contributed by atoms with E-state index in [2.05, 4.69) is 0 Å². The molecule has 2 N–H and O–H groups in total. The van der Waals surface area contributed by atoms with Crippen molar-refractivity contribution in [1.82, 2.24) is 0 Å². The Morgan fingerprint density at radius 2 is 1.90 bits per heavy atom. The largest absolute Gasteiger partial charge is 0.330 e. The maximum Gasteiger partial charge on any atom is 0.270 e. The fourth-order valence-electron chi connectivity index (χ4n) is 3.13. The van der Waals surface area contributed by atoms with Crippen molar-refractivity contribution in [3.63, 3.8) is 0 Å². The van der Waals surface area contributed by atoms with Crippen LogP contribution in [0.1, 0.15) is 44.1 Å². The first-order valence-corrected chi connectivity index (χ1v) is 7.57. The summed E-state index contributed by atoms with van der Waals surface area (Å²) in [6.07, 6.45) is 8.03. The van der Waals surface area contributed by atoms with Crippen molar-refractivity contribution in [2.24, 2.45) is 11.1 Å². The molecule has 0 bridgehead atoms. The molecule has 110 valence electrons. The van der Waals surface area contributed by atoms with E-state index in [1.807, 2.05) is 0 Å². The summed E-state index contributed by atoms with van der Waals surface area (Å²) in [6, 6.07) is 4.75. The topological polar surface area (TPSA) is 69.2 Å². The highest BCUT2D eigenvalue weighted by atomic mass is 35.5. The van der Waals surface area contributed by atoms with E-state index in [-0.39, 0.29) is 11.1 Å². The fourth-order valence-corrected chi connectivity index (χ4v) is 3.37. The lowest BCUT2D eigenvalue weighted by Gasteiger charge is -2.32. The Morgan fingerprint density at radius 3 is 2.40 bits per heavy atom. The molecule has 0 heterocycles. The van der Waals surface area contributed by atoms with Crippen LogP contribution in [0.2, 0.25) is 5.02 Å². The SMILES string of the molecule is NCC1(Cc2ccc([N+](=O)[O-])cc2Cl)CCCCCC1. The summed E-state index contributed by atoms with van der Waals surface area (Å²) in [5.41, 5.74) is 7.16. The molecule has 1 fully saturated rings. The molecule has 5 heteroatoms.